The summed E-state index contributed by atoms with van der Waals surface area (Å²) < 4.78 is 1.78. The number of fused-ring (bicyclic) bond motifs is 1. The second-order valence-electron chi connectivity index (χ2n) is 5.08. The van der Waals surface area contributed by atoms with E-state index in [1.807, 2.05) is 7.05 Å². The summed E-state index contributed by atoms with van der Waals surface area (Å²) in [5.41, 5.74) is 10.3. The molecule has 94 valence electrons. The van der Waals surface area contributed by atoms with Crippen molar-refractivity contribution in [2.24, 2.45) is 18.7 Å². The van der Waals surface area contributed by atoms with E-state index in [1.54, 1.807) is 10.9 Å². The van der Waals surface area contributed by atoms with Gasteiger partial charge < -0.3 is 5.73 Å². The van der Waals surface area contributed by atoms with E-state index in [-0.39, 0.29) is 6.04 Å². The Kier molecular flexibility index (Phi) is 2.88. The molecular weight excluding hydrogens is 224 g/mol. The van der Waals surface area contributed by atoms with Gasteiger partial charge >= 0.3 is 0 Å². The Morgan fingerprint density at radius 3 is 2.83 bits per heavy atom. The first kappa shape index (κ1) is 11.4. The van der Waals surface area contributed by atoms with Crippen LogP contribution in [-0.2, 0) is 19.9 Å². The van der Waals surface area contributed by atoms with Crippen LogP contribution in [0.5, 0.6) is 0 Å². The lowest BCUT2D eigenvalue weighted by molar-refractivity contribution is 0.368. The van der Waals surface area contributed by atoms with Crippen LogP contribution in [0.4, 0.5) is 0 Å². The average Bonchev–Trinajstić information content (AvgIpc) is 2.83. The normalized spacial score (nSPS) is 20.4. The van der Waals surface area contributed by atoms with Crippen molar-refractivity contribution in [2.75, 3.05) is 0 Å². The fourth-order valence-electron chi connectivity index (χ4n) is 2.87. The predicted octanol–water partition coefficient (Wildman–Crippen LogP) is 1.62. The lowest BCUT2D eigenvalue weighted by atomic mass is 9.79. The summed E-state index contributed by atoms with van der Waals surface area (Å²) in [4.78, 5) is 0. The number of aryl methyl sites for hydroxylation is 2. The molecule has 1 aliphatic rings. The number of hydrogen-bond donors (Lipinski definition) is 1. The van der Waals surface area contributed by atoms with Crippen molar-refractivity contribution in [3.05, 3.63) is 47.3 Å². The van der Waals surface area contributed by atoms with Crippen LogP contribution >= 0.6 is 0 Å². The van der Waals surface area contributed by atoms with Crippen LogP contribution < -0.4 is 5.73 Å². The Morgan fingerprint density at radius 2 is 2.11 bits per heavy atom. The minimum atomic E-state index is 0.0263. The molecule has 0 amide bonds. The smallest absolute Gasteiger partial charge is 0.0753 e. The molecule has 1 aromatic heterocycles. The summed E-state index contributed by atoms with van der Waals surface area (Å²) in [5, 5.41) is 7.88. The fourth-order valence-corrected chi connectivity index (χ4v) is 2.87. The van der Waals surface area contributed by atoms with Crippen molar-refractivity contribution in [1.29, 1.82) is 0 Å². The monoisotopic (exact) mass is 242 g/mol. The highest BCUT2D eigenvalue weighted by Gasteiger charge is 2.26. The van der Waals surface area contributed by atoms with Gasteiger partial charge in [-0.15, -0.1) is 5.10 Å². The summed E-state index contributed by atoms with van der Waals surface area (Å²) in [6, 6.07) is 8.69. The largest absolute Gasteiger partial charge is 0.322 e. The third kappa shape index (κ3) is 1.93. The highest BCUT2D eigenvalue weighted by Crippen LogP contribution is 2.32. The molecule has 1 heterocycles. The van der Waals surface area contributed by atoms with Crippen molar-refractivity contribution in [3.63, 3.8) is 0 Å². The first-order valence-corrected chi connectivity index (χ1v) is 6.42. The number of benzene rings is 1. The van der Waals surface area contributed by atoms with Gasteiger partial charge in [0.1, 0.15) is 0 Å². The standard InChI is InChI=1S/C14H18N4/c1-18-13(9-16-17-18)14(15)12-7-6-10-4-2-3-5-11(10)8-12/h2-5,9,12,14H,6-8,15H2,1H3. The van der Waals surface area contributed by atoms with Crippen LogP contribution in [0.2, 0.25) is 0 Å². The molecule has 0 saturated carbocycles. The van der Waals surface area contributed by atoms with E-state index >= 15 is 0 Å². The van der Waals surface area contributed by atoms with E-state index in [0.717, 1.165) is 25.0 Å². The second kappa shape index (κ2) is 4.53. The Bertz CT molecular complexity index is 546. The lowest BCUT2D eigenvalue weighted by Crippen LogP contribution is -2.28. The maximum absolute atomic E-state index is 6.37. The summed E-state index contributed by atoms with van der Waals surface area (Å²) >= 11 is 0. The SMILES string of the molecule is Cn1nncc1C(N)C1CCc2ccccc2C1. The number of rotatable bonds is 2. The highest BCUT2D eigenvalue weighted by atomic mass is 15.4. The third-order valence-electron chi connectivity index (χ3n) is 3.98. The Labute approximate surface area is 107 Å². The maximum atomic E-state index is 6.37. The van der Waals surface area contributed by atoms with Crippen LogP contribution in [-0.4, -0.2) is 15.0 Å². The molecule has 4 nitrogen and oxygen atoms in total. The maximum Gasteiger partial charge on any atom is 0.0753 e. The molecule has 0 aliphatic heterocycles. The van der Waals surface area contributed by atoms with Crippen molar-refractivity contribution in [3.8, 4) is 0 Å². The van der Waals surface area contributed by atoms with Crippen molar-refractivity contribution in [1.82, 2.24) is 15.0 Å². The van der Waals surface area contributed by atoms with Gasteiger partial charge in [-0.05, 0) is 36.3 Å². The van der Waals surface area contributed by atoms with Crippen molar-refractivity contribution < 1.29 is 0 Å². The molecule has 2 unspecified atom stereocenters. The molecule has 4 heteroatoms. The first-order valence-electron chi connectivity index (χ1n) is 6.42. The molecule has 2 N–H and O–H groups in total. The van der Waals surface area contributed by atoms with Gasteiger partial charge in [-0.25, -0.2) is 0 Å². The molecule has 0 fully saturated rings. The molecule has 3 rings (SSSR count). The first-order chi connectivity index (χ1) is 8.75. The molecule has 1 aromatic carbocycles. The molecule has 0 radical (unpaired) electrons. The fraction of sp³-hybridized carbons (Fsp3) is 0.429. The second-order valence-corrected chi connectivity index (χ2v) is 5.08. The molecule has 2 atom stereocenters. The van der Waals surface area contributed by atoms with E-state index in [4.69, 9.17) is 5.73 Å². The van der Waals surface area contributed by atoms with Gasteiger partial charge in [0.25, 0.3) is 0 Å². The summed E-state index contributed by atoms with van der Waals surface area (Å²) in [6.45, 7) is 0. The minimum absolute atomic E-state index is 0.0263. The minimum Gasteiger partial charge on any atom is -0.322 e. The van der Waals surface area contributed by atoms with E-state index < -0.39 is 0 Å². The average molecular weight is 242 g/mol. The quantitative estimate of drug-likeness (QED) is 0.870. The zero-order valence-corrected chi connectivity index (χ0v) is 10.6. The van der Waals surface area contributed by atoms with Crippen molar-refractivity contribution >= 4 is 0 Å². The van der Waals surface area contributed by atoms with Gasteiger partial charge in [0, 0.05) is 7.05 Å². The molecular formula is C14H18N4. The molecule has 0 bridgehead atoms. The molecule has 2 aromatic rings. The number of nitrogens with zero attached hydrogens (tertiary/aromatic N) is 3. The van der Waals surface area contributed by atoms with Gasteiger partial charge in [0.2, 0.25) is 0 Å². The Balaban J connectivity index is 1.82. The Morgan fingerprint density at radius 1 is 1.33 bits per heavy atom. The topological polar surface area (TPSA) is 56.7 Å². The van der Waals surface area contributed by atoms with Gasteiger partial charge in [-0.2, -0.15) is 0 Å². The molecule has 0 saturated heterocycles. The summed E-state index contributed by atoms with van der Waals surface area (Å²) in [7, 11) is 1.90. The van der Waals surface area contributed by atoms with E-state index in [9.17, 15) is 0 Å². The zero-order chi connectivity index (χ0) is 12.5. The summed E-state index contributed by atoms with van der Waals surface area (Å²) in [5.74, 6) is 0.483. The van der Waals surface area contributed by atoms with Crippen LogP contribution in [0.15, 0.2) is 30.5 Å². The zero-order valence-electron chi connectivity index (χ0n) is 10.6. The molecule has 1 aliphatic carbocycles. The van der Waals surface area contributed by atoms with Gasteiger partial charge in [-0.1, -0.05) is 29.5 Å². The van der Waals surface area contributed by atoms with Gasteiger partial charge in [0.05, 0.1) is 17.9 Å². The van der Waals surface area contributed by atoms with E-state index in [2.05, 4.69) is 34.6 Å². The lowest BCUT2D eigenvalue weighted by Gasteiger charge is -2.29. The molecule has 18 heavy (non-hydrogen) atoms. The number of nitrogens with two attached hydrogens (primary N) is 1. The third-order valence-corrected chi connectivity index (χ3v) is 3.98. The number of hydrogen-bond acceptors (Lipinski definition) is 3. The van der Waals surface area contributed by atoms with E-state index in [1.165, 1.54) is 11.1 Å². The Hall–Kier alpha value is -1.68. The summed E-state index contributed by atoms with van der Waals surface area (Å²) in [6.07, 6.45) is 5.11. The predicted molar refractivity (Wildman–Crippen MR) is 69.9 cm³/mol. The van der Waals surface area contributed by atoms with Crippen molar-refractivity contribution in [2.45, 2.75) is 25.3 Å². The highest BCUT2D eigenvalue weighted by molar-refractivity contribution is 5.30. The van der Waals surface area contributed by atoms with Gasteiger partial charge in [0.15, 0.2) is 0 Å². The van der Waals surface area contributed by atoms with Gasteiger partial charge in [-0.3, -0.25) is 4.68 Å². The molecule has 0 spiro atoms. The van der Waals surface area contributed by atoms with Crippen LogP contribution in [0, 0.1) is 5.92 Å². The van der Waals surface area contributed by atoms with E-state index in [0.29, 0.717) is 5.92 Å². The number of aromatic nitrogens is 3. The van der Waals surface area contributed by atoms with Crippen LogP contribution in [0.25, 0.3) is 0 Å². The van der Waals surface area contributed by atoms with Crippen LogP contribution in [0.3, 0.4) is 0 Å². The van der Waals surface area contributed by atoms with Crippen LogP contribution in [0.1, 0.15) is 29.3 Å².